The number of hydrogen-bond donors (Lipinski definition) is 2. The Balaban J connectivity index is 1.45. The first kappa shape index (κ1) is 18.5. The maximum atomic E-state index is 9.29. The average molecular weight is 363 g/mol. The van der Waals surface area contributed by atoms with Gasteiger partial charge in [0.05, 0.1) is 6.54 Å². The fourth-order valence-electron chi connectivity index (χ4n) is 3.33. The lowest BCUT2D eigenvalue weighted by molar-refractivity contribution is 0.121. The Morgan fingerprint density at radius 2 is 2.20 bits per heavy atom. The van der Waals surface area contributed by atoms with Crippen LogP contribution >= 0.6 is 11.6 Å². The Kier molecular flexibility index (Phi) is 6.54. The number of likely N-dealkylation sites (tertiary alicyclic amines) is 1. The van der Waals surface area contributed by atoms with E-state index >= 15 is 0 Å². The number of halogens is 1. The predicted molar refractivity (Wildman–Crippen MR) is 102 cm³/mol. The maximum absolute atomic E-state index is 9.29. The number of aliphatic hydroxyl groups excluding tert-OH is 1. The van der Waals surface area contributed by atoms with Gasteiger partial charge in [0.2, 0.25) is 0 Å². The Bertz CT molecular complexity index is 686. The molecule has 4 nitrogen and oxygen atoms in total. The van der Waals surface area contributed by atoms with E-state index in [2.05, 4.69) is 10.2 Å². The molecule has 25 heavy (non-hydrogen) atoms. The smallest absolute Gasteiger partial charge is 0.134 e. The molecule has 1 saturated heterocycles. The highest BCUT2D eigenvalue weighted by atomic mass is 35.5. The van der Waals surface area contributed by atoms with E-state index < -0.39 is 0 Å². The van der Waals surface area contributed by atoms with Crippen molar-refractivity contribution in [3.63, 3.8) is 0 Å². The standard InChI is InChI=1S/C20H27ClN2O2/c1-15-4-5-17(11-19(15)21)20-7-6-18(25-20)12-22-8-10-23-9-2-3-16(13-23)14-24/h4-7,11,16,22,24H,2-3,8-10,12-14H2,1H3. The molecule has 0 aliphatic carbocycles. The van der Waals surface area contributed by atoms with E-state index in [1.807, 2.05) is 37.3 Å². The van der Waals surface area contributed by atoms with Crippen LogP contribution in [-0.4, -0.2) is 42.8 Å². The van der Waals surface area contributed by atoms with Crippen molar-refractivity contribution in [2.45, 2.75) is 26.3 Å². The van der Waals surface area contributed by atoms with Crippen molar-refractivity contribution >= 4 is 11.6 Å². The number of aryl methyl sites for hydroxylation is 1. The van der Waals surface area contributed by atoms with E-state index in [-0.39, 0.29) is 0 Å². The van der Waals surface area contributed by atoms with Gasteiger partial charge >= 0.3 is 0 Å². The number of furan rings is 1. The van der Waals surface area contributed by atoms with Crippen LogP contribution in [-0.2, 0) is 6.54 Å². The monoisotopic (exact) mass is 362 g/mol. The van der Waals surface area contributed by atoms with E-state index in [0.29, 0.717) is 12.5 Å². The van der Waals surface area contributed by atoms with Crippen LogP contribution in [0.4, 0.5) is 0 Å². The van der Waals surface area contributed by atoms with Crippen LogP contribution < -0.4 is 5.32 Å². The summed E-state index contributed by atoms with van der Waals surface area (Å²) in [5, 5.41) is 13.5. The summed E-state index contributed by atoms with van der Waals surface area (Å²) in [4.78, 5) is 2.43. The van der Waals surface area contributed by atoms with Crippen LogP contribution in [0.25, 0.3) is 11.3 Å². The van der Waals surface area contributed by atoms with E-state index in [1.165, 1.54) is 6.42 Å². The van der Waals surface area contributed by atoms with Crippen molar-refractivity contribution in [1.29, 1.82) is 0 Å². The van der Waals surface area contributed by atoms with Crippen molar-refractivity contribution < 1.29 is 9.52 Å². The van der Waals surface area contributed by atoms with Gasteiger partial charge in [0.25, 0.3) is 0 Å². The van der Waals surface area contributed by atoms with E-state index in [0.717, 1.165) is 66.8 Å². The largest absolute Gasteiger partial charge is 0.460 e. The summed E-state index contributed by atoms with van der Waals surface area (Å²) in [5.74, 6) is 2.22. The molecule has 0 saturated carbocycles. The van der Waals surface area contributed by atoms with Gasteiger partial charge in [0.1, 0.15) is 11.5 Å². The number of benzene rings is 1. The molecule has 0 radical (unpaired) electrons. The number of rotatable bonds is 7. The molecule has 1 aliphatic rings. The molecule has 1 aromatic heterocycles. The molecule has 2 N–H and O–H groups in total. The van der Waals surface area contributed by atoms with Crippen molar-refractivity contribution in [3.05, 3.63) is 46.7 Å². The number of nitrogens with one attached hydrogen (secondary N) is 1. The molecule has 0 spiro atoms. The van der Waals surface area contributed by atoms with E-state index in [1.54, 1.807) is 0 Å². The van der Waals surface area contributed by atoms with E-state index in [4.69, 9.17) is 16.0 Å². The lowest BCUT2D eigenvalue weighted by atomic mass is 9.99. The van der Waals surface area contributed by atoms with Gasteiger partial charge in [-0.1, -0.05) is 23.7 Å². The molecule has 1 unspecified atom stereocenters. The highest BCUT2D eigenvalue weighted by molar-refractivity contribution is 6.31. The van der Waals surface area contributed by atoms with Gasteiger partial charge in [0, 0.05) is 36.8 Å². The average Bonchev–Trinajstić information content (AvgIpc) is 3.10. The minimum Gasteiger partial charge on any atom is -0.460 e. The quantitative estimate of drug-likeness (QED) is 0.737. The second-order valence-electron chi connectivity index (χ2n) is 6.90. The van der Waals surface area contributed by atoms with Crippen LogP contribution in [0.15, 0.2) is 34.7 Å². The van der Waals surface area contributed by atoms with Gasteiger partial charge in [-0.3, -0.25) is 0 Å². The highest BCUT2D eigenvalue weighted by Gasteiger charge is 2.18. The van der Waals surface area contributed by atoms with Crippen molar-refractivity contribution in [2.24, 2.45) is 5.92 Å². The summed E-state index contributed by atoms with van der Waals surface area (Å²) >= 11 is 6.19. The Hall–Kier alpha value is -1.33. The molecule has 1 atom stereocenters. The Labute approximate surface area is 154 Å². The molecule has 1 aromatic carbocycles. The number of hydrogen-bond acceptors (Lipinski definition) is 4. The van der Waals surface area contributed by atoms with Gasteiger partial charge in [0.15, 0.2) is 0 Å². The SMILES string of the molecule is Cc1ccc(-c2ccc(CNCCN3CCCC(CO)C3)o2)cc1Cl. The number of aliphatic hydroxyl groups is 1. The number of nitrogens with zero attached hydrogens (tertiary/aromatic N) is 1. The maximum Gasteiger partial charge on any atom is 0.134 e. The molecule has 1 fully saturated rings. The third-order valence-electron chi connectivity index (χ3n) is 4.88. The summed E-state index contributed by atoms with van der Waals surface area (Å²) < 4.78 is 5.92. The first-order valence-corrected chi connectivity index (χ1v) is 9.42. The first-order valence-electron chi connectivity index (χ1n) is 9.05. The molecular weight excluding hydrogens is 336 g/mol. The van der Waals surface area contributed by atoms with Crippen molar-refractivity contribution in [3.8, 4) is 11.3 Å². The van der Waals surface area contributed by atoms with Crippen molar-refractivity contribution in [1.82, 2.24) is 10.2 Å². The normalized spacial score (nSPS) is 18.6. The molecule has 136 valence electrons. The molecule has 2 aromatic rings. The fraction of sp³-hybridized carbons (Fsp3) is 0.500. The second kappa shape index (κ2) is 8.86. The van der Waals surface area contributed by atoms with E-state index in [9.17, 15) is 5.11 Å². The van der Waals surface area contributed by atoms with Gasteiger partial charge in [-0.25, -0.2) is 0 Å². The second-order valence-corrected chi connectivity index (χ2v) is 7.31. The van der Waals surface area contributed by atoms with Crippen LogP contribution in [0.1, 0.15) is 24.2 Å². The van der Waals surface area contributed by atoms with Gasteiger partial charge in [-0.15, -0.1) is 0 Å². The molecule has 5 heteroatoms. The zero-order chi connectivity index (χ0) is 17.6. The molecule has 1 aliphatic heterocycles. The van der Waals surface area contributed by atoms with Crippen LogP contribution in [0.5, 0.6) is 0 Å². The minimum absolute atomic E-state index is 0.308. The Morgan fingerprint density at radius 1 is 1.32 bits per heavy atom. The summed E-state index contributed by atoms with van der Waals surface area (Å²) in [7, 11) is 0. The zero-order valence-electron chi connectivity index (χ0n) is 14.8. The highest BCUT2D eigenvalue weighted by Crippen LogP contribution is 2.26. The summed E-state index contributed by atoms with van der Waals surface area (Å²) in [6.07, 6.45) is 2.34. The molecule has 2 heterocycles. The van der Waals surface area contributed by atoms with Crippen LogP contribution in [0.2, 0.25) is 5.02 Å². The minimum atomic E-state index is 0.308. The Morgan fingerprint density at radius 3 is 3.00 bits per heavy atom. The molecule has 3 rings (SSSR count). The zero-order valence-corrected chi connectivity index (χ0v) is 15.6. The summed E-state index contributed by atoms with van der Waals surface area (Å²) in [5.41, 5.74) is 2.07. The topological polar surface area (TPSA) is 48.6 Å². The van der Waals surface area contributed by atoms with Gasteiger partial charge in [-0.2, -0.15) is 0 Å². The first-order chi connectivity index (χ1) is 12.2. The summed E-state index contributed by atoms with van der Waals surface area (Å²) in [6, 6.07) is 10.00. The van der Waals surface area contributed by atoms with Crippen LogP contribution in [0, 0.1) is 12.8 Å². The van der Waals surface area contributed by atoms with Crippen molar-refractivity contribution in [2.75, 3.05) is 32.8 Å². The summed E-state index contributed by atoms with van der Waals surface area (Å²) in [6.45, 7) is 7.10. The number of piperidine rings is 1. The molecule has 0 amide bonds. The van der Waals surface area contributed by atoms with Gasteiger partial charge < -0.3 is 19.7 Å². The third kappa shape index (κ3) is 5.08. The lowest BCUT2D eigenvalue weighted by Crippen LogP contribution is -2.40. The molecule has 0 bridgehead atoms. The molecular formula is C20H27ClN2O2. The van der Waals surface area contributed by atoms with Gasteiger partial charge in [-0.05, 0) is 56.0 Å². The third-order valence-corrected chi connectivity index (χ3v) is 5.29. The fourth-order valence-corrected chi connectivity index (χ4v) is 3.51. The van der Waals surface area contributed by atoms with Crippen LogP contribution in [0.3, 0.4) is 0 Å². The lowest BCUT2D eigenvalue weighted by Gasteiger charge is -2.31. The predicted octanol–water partition coefficient (Wildman–Crippen LogP) is 3.70.